The number of hydrogen-bond acceptors (Lipinski definition) is 5. The summed E-state index contributed by atoms with van der Waals surface area (Å²) in [6.45, 7) is 2.09. The van der Waals surface area contributed by atoms with Crippen LogP contribution in [0, 0.1) is 0 Å². The predicted molar refractivity (Wildman–Crippen MR) is 138 cm³/mol. The summed E-state index contributed by atoms with van der Waals surface area (Å²) in [4.78, 5) is 28.9. The fourth-order valence-corrected chi connectivity index (χ4v) is 4.11. The van der Waals surface area contributed by atoms with Gasteiger partial charge in [0.05, 0.1) is 22.7 Å². The number of carboxylic acids is 1. The van der Waals surface area contributed by atoms with Crippen LogP contribution in [0.2, 0.25) is 0 Å². The quantitative estimate of drug-likeness (QED) is 0.284. The molecule has 4 aromatic rings. The van der Waals surface area contributed by atoms with Crippen molar-refractivity contribution in [2.24, 2.45) is 5.10 Å². The zero-order valence-electron chi connectivity index (χ0n) is 18.0. The van der Waals surface area contributed by atoms with E-state index >= 15 is 0 Å². The van der Waals surface area contributed by atoms with Crippen LogP contribution in [-0.4, -0.2) is 27.0 Å². The molecule has 0 fully saturated rings. The number of ether oxygens (including phenoxy) is 1. The molecule has 0 saturated heterocycles. The Kier molecular flexibility index (Phi) is 7.23. The van der Waals surface area contributed by atoms with E-state index in [-0.39, 0.29) is 17.7 Å². The summed E-state index contributed by atoms with van der Waals surface area (Å²) >= 11 is 6.86. The lowest BCUT2D eigenvalue weighted by atomic mass is 10.1. The van der Waals surface area contributed by atoms with Crippen LogP contribution in [-0.2, 0) is 13.0 Å². The van der Waals surface area contributed by atoms with Crippen LogP contribution in [0.15, 0.2) is 79.5 Å². The van der Waals surface area contributed by atoms with Gasteiger partial charge in [0, 0.05) is 20.9 Å². The Morgan fingerprint density at radius 3 is 2.65 bits per heavy atom. The largest absolute Gasteiger partial charge is 0.488 e. The third kappa shape index (κ3) is 5.26. The molecule has 0 radical (unpaired) electrons. The number of rotatable bonds is 7. The molecule has 0 unspecified atom stereocenters. The smallest absolute Gasteiger partial charge is 0.335 e. The van der Waals surface area contributed by atoms with Crippen molar-refractivity contribution in [2.75, 3.05) is 0 Å². The van der Waals surface area contributed by atoms with Crippen molar-refractivity contribution in [3.8, 4) is 5.75 Å². The van der Waals surface area contributed by atoms with Gasteiger partial charge in [-0.3, -0.25) is 4.79 Å². The molecular formula is C25H19Br2N3O4. The number of nitrogens with zero attached hydrogens (tertiary/aromatic N) is 3. The van der Waals surface area contributed by atoms with Gasteiger partial charge in [-0.05, 0) is 54.1 Å². The summed E-state index contributed by atoms with van der Waals surface area (Å²) < 4.78 is 8.86. The van der Waals surface area contributed by atoms with Crippen LogP contribution < -0.4 is 10.3 Å². The van der Waals surface area contributed by atoms with E-state index in [9.17, 15) is 14.7 Å². The lowest BCUT2D eigenvalue weighted by Gasteiger charge is -2.11. The van der Waals surface area contributed by atoms with Crippen LogP contribution in [0.4, 0.5) is 0 Å². The fourth-order valence-electron chi connectivity index (χ4n) is 3.37. The zero-order chi connectivity index (χ0) is 24.2. The molecule has 0 saturated carbocycles. The minimum Gasteiger partial charge on any atom is -0.488 e. The van der Waals surface area contributed by atoms with Gasteiger partial charge in [0.1, 0.15) is 18.2 Å². The number of hydrogen-bond donors (Lipinski definition) is 1. The average Bonchev–Trinajstić information content (AvgIpc) is 2.83. The van der Waals surface area contributed by atoms with Crippen molar-refractivity contribution >= 4 is 54.9 Å². The lowest BCUT2D eigenvalue weighted by Crippen LogP contribution is -2.22. The van der Waals surface area contributed by atoms with Gasteiger partial charge in [-0.2, -0.15) is 9.78 Å². The highest BCUT2D eigenvalue weighted by atomic mass is 79.9. The maximum Gasteiger partial charge on any atom is 0.335 e. The number of benzene rings is 3. The Balaban J connectivity index is 1.68. The first kappa shape index (κ1) is 23.8. The first-order chi connectivity index (χ1) is 16.4. The summed E-state index contributed by atoms with van der Waals surface area (Å²) in [5.74, 6) is 0.0841. The SMILES string of the molecule is CCc1nc2ccc(Br)cc2c(=O)n1N=Cc1cc(Br)ccc1OCc1cccc(C(=O)O)c1. The van der Waals surface area contributed by atoms with Crippen molar-refractivity contribution in [1.82, 2.24) is 9.66 Å². The second-order valence-corrected chi connectivity index (χ2v) is 9.21. The fraction of sp³-hybridized carbons (Fsp3) is 0.120. The Labute approximate surface area is 212 Å². The van der Waals surface area contributed by atoms with E-state index in [1.165, 1.54) is 10.7 Å². The molecule has 34 heavy (non-hydrogen) atoms. The molecule has 0 aliphatic carbocycles. The highest BCUT2D eigenvalue weighted by Gasteiger charge is 2.11. The monoisotopic (exact) mass is 583 g/mol. The van der Waals surface area contributed by atoms with Crippen molar-refractivity contribution in [3.05, 3.63) is 102 Å². The maximum absolute atomic E-state index is 13.1. The molecule has 172 valence electrons. The highest BCUT2D eigenvalue weighted by Crippen LogP contribution is 2.23. The van der Waals surface area contributed by atoms with E-state index in [4.69, 9.17) is 4.74 Å². The van der Waals surface area contributed by atoms with Gasteiger partial charge in [0.2, 0.25) is 0 Å². The summed E-state index contributed by atoms with van der Waals surface area (Å²) in [5.41, 5.74) is 1.92. The number of aromatic carboxylic acids is 1. The van der Waals surface area contributed by atoms with Gasteiger partial charge in [0.15, 0.2) is 0 Å². The molecule has 0 bridgehead atoms. The van der Waals surface area contributed by atoms with Crippen LogP contribution in [0.3, 0.4) is 0 Å². The molecule has 0 aliphatic rings. The molecule has 1 heterocycles. The van der Waals surface area contributed by atoms with Crippen molar-refractivity contribution in [1.29, 1.82) is 0 Å². The average molecular weight is 585 g/mol. The van der Waals surface area contributed by atoms with Crippen LogP contribution >= 0.6 is 31.9 Å². The molecule has 3 aromatic carbocycles. The lowest BCUT2D eigenvalue weighted by molar-refractivity contribution is 0.0696. The number of halogens is 2. The molecule has 7 nitrogen and oxygen atoms in total. The molecule has 1 aromatic heterocycles. The van der Waals surface area contributed by atoms with Crippen LogP contribution in [0.5, 0.6) is 5.75 Å². The third-order valence-electron chi connectivity index (χ3n) is 5.04. The normalized spacial score (nSPS) is 11.3. The van der Waals surface area contributed by atoms with Gasteiger partial charge < -0.3 is 9.84 Å². The van der Waals surface area contributed by atoms with E-state index < -0.39 is 5.97 Å². The molecular weight excluding hydrogens is 566 g/mol. The van der Waals surface area contributed by atoms with Crippen molar-refractivity contribution in [3.63, 3.8) is 0 Å². The van der Waals surface area contributed by atoms with Gasteiger partial charge in [0.25, 0.3) is 5.56 Å². The molecule has 1 N–H and O–H groups in total. The molecule has 4 rings (SSSR count). The Morgan fingerprint density at radius 2 is 1.88 bits per heavy atom. The number of fused-ring (bicyclic) bond motifs is 1. The van der Waals surface area contributed by atoms with Gasteiger partial charge >= 0.3 is 5.97 Å². The van der Waals surface area contributed by atoms with E-state index in [0.717, 1.165) is 14.5 Å². The van der Waals surface area contributed by atoms with E-state index in [2.05, 4.69) is 41.9 Å². The summed E-state index contributed by atoms with van der Waals surface area (Å²) in [7, 11) is 0. The number of aromatic nitrogens is 2. The highest BCUT2D eigenvalue weighted by molar-refractivity contribution is 9.10. The Hall–Kier alpha value is -3.30. The number of aryl methyl sites for hydroxylation is 1. The summed E-state index contributed by atoms with van der Waals surface area (Å²) in [5, 5.41) is 14.1. The Bertz CT molecular complexity index is 1480. The van der Waals surface area contributed by atoms with Crippen LogP contribution in [0.25, 0.3) is 10.9 Å². The standard InChI is InChI=1S/C25H19Br2N3O4/c1-2-23-29-21-8-6-19(27)12-20(21)24(31)30(23)28-13-17-11-18(26)7-9-22(17)34-14-15-4-3-5-16(10-15)25(32)33/h3-13H,2,14H2,1H3,(H,32,33). The second-order valence-electron chi connectivity index (χ2n) is 7.38. The molecule has 0 aliphatic heterocycles. The van der Waals surface area contributed by atoms with E-state index in [1.54, 1.807) is 42.6 Å². The van der Waals surface area contributed by atoms with Crippen molar-refractivity contribution in [2.45, 2.75) is 20.0 Å². The van der Waals surface area contributed by atoms with Crippen LogP contribution in [0.1, 0.15) is 34.2 Å². The minimum atomic E-state index is -0.994. The maximum atomic E-state index is 13.1. The van der Waals surface area contributed by atoms with Gasteiger partial charge in [-0.1, -0.05) is 50.9 Å². The third-order valence-corrected chi connectivity index (χ3v) is 6.03. The molecule has 0 spiro atoms. The molecule has 0 atom stereocenters. The topological polar surface area (TPSA) is 93.8 Å². The second kappa shape index (κ2) is 10.3. The molecule has 9 heteroatoms. The van der Waals surface area contributed by atoms with Gasteiger partial charge in [-0.25, -0.2) is 9.78 Å². The minimum absolute atomic E-state index is 0.176. The van der Waals surface area contributed by atoms with E-state index in [1.807, 2.05) is 25.1 Å². The first-order valence-corrected chi connectivity index (χ1v) is 11.9. The number of carbonyl (C=O) groups is 1. The number of carboxylic acid groups (broad SMARTS) is 1. The van der Waals surface area contributed by atoms with Gasteiger partial charge in [-0.15, -0.1) is 0 Å². The molecule has 0 amide bonds. The summed E-state index contributed by atoms with van der Waals surface area (Å²) in [6.07, 6.45) is 2.08. The van der Waals surface area contributed by atoms with Crippen molar-refractivity contribution < 1.29 is 14.6 Å². The Morgan fingerprint density at radius 1 is 1.12 bits per heavy atom. The summed E-state index contributed by atoms with van der Waals surface area (Å²) in [6, 6.07) is 17.4. The van der Waals surface area contributed by atoms with E-state index in [0.29, 0.717) is 34.5 Å². The predicted octanol–water partition coefficient (Wildman–Crippen LogP) is 5.64. The first-order valence-electron chi connectivity index (χ1n) is 10.4. The zero-order valence-corrected chi connectivity index (χ0v) is 21.2.